The molecule has 4 nitrogen and oxygen atoms in total. The molecule has 0 radical (unpaired) electrons. The maximum Gasteiger partial charge on any atom is 0.169 e. The maximum absolute atomic E-state index is 2.49. The van der Waals surface area contributed by atoms with Gasteiger partial charge in [0, 0.05) is 42.9 Å². The van der Waals surface area contributed by atoms with Crippen LogP contribution >= 0.6 is 0 Å². The monoisotopic (exact) mass is 484 g/mol. The molecule has 3 aromatic carbocycles. The van der Waals surface area contributed by atoms with Crippen molar-refractivity contribution in [2.75, 3.05) is 16.3 Å². The number of aryl methyl sites for hydroxylation is 2. The zero-order chi connectivity index (χ0) is 25.0. The van der Waals surface area contributed by atoms with Crippen LogP contribution in [0, 0.1) is 0 Å². The molecule has 0 saturated heterocycles. The van der Waals surface area contributed by atoms with Gasteiger partial charge in [0.2, 0.25) is 0 Å². The molecule has 0 atom stereocenters. The van der Waals surface area contributed by atoms with E-state index in [1.54, 1.807) is 0 Å². The Bertz CT molecular complexity index is 1430. The summed E-state index contributed by atoms with van der Waals surface area (Å²) in [7, 11) is 2.04. The molecule has 0 unspecified atom stereocenters. The third-order valence-corrected chi connectivity index (χ3v) is 7.09. The van der Waals surface area contributed by atoms with Crippen molar-refractivity contribution in [2.45, 2.75) is 19.4 Å². The third kappa shape index (κ3) is 4.70. The second-order valence-electron chi connectivity index (χ2n) is 9.58. The van der Waals surface area contributed by atoms with Crippen LogP contribution in [-0.2, 0) is 13.6 Å². The van der Waals surface area contributed by atoms with E-state index in [-0.39, 0.29) is 0 Å². The van der Waals surface area contributed by atoms with Crippen molar-refractivity contribution in [3.8, 4) is 11.1 Å². The Morgan fingerprint density at radius 1 is 0.541 bits per heavy atom. The number of benzene rings is 3. The number of para-hydroxylation sites is 5. The van der Waals surface area contributed by atoms with Gasteiger partial charge in [-0.2, -0.15) is 0 Å². The summed E-state index contributed by atoms with van der Waals surface area (Å²) in [5, 5.41) is 0. The molecular formula is C33H32N4+2. The molecule has 1 aliphatic rings. The third-order valence-electron chi connectivity index (χ3n) is 7.09. The van der Waals surface area contributed by atoms with E-state index in [1.165, 1.54) is 39.6 Å². The van der Waals surface area contributed by atoms with Crippen molar-refractivity contribution in [3.05, 3.63) is 128 Å². The Morgan fingerprint density at radius 2 is 1.05 bits per heavy atom. The fourth-order valence-corrected chi connectivity index (χ4v) is 5.18. The van der Waals surface area contributed by atoms with E-state index in [4.69, 9.17) is 0 Å². The average molecular weight is 485 g/mol. The van der Waals surface area contributed by atoms with Crippen LogP contribution < -0.4 is 18.9 Å². The summed E-state index contributed by atoms with van der Waals surface area (Å²) in [4.78, 5) is 4.87. The Morgan fingerprint density at radius 3 is 1.65 bits per heavy atom. The smallest absolute Gasteiger partial charge is 0.169 e. The Labute approximate surface area is 219 Å². The summed E-state index contributed by atoms with van der Waals surface area (Å²) < 4.78 is 4.35. The van der Waals surface area contributed by atoms with Crippen LogP contribution in [-0.4, -0.2) is 6.54 Å². The molecule has 0 saturated carbocycles. The summed E-state index contributed by atoms with van der Waals surface area (Å²) in [6.45, 7) is 1.99. The van der Waals surface area contributed by atoms with E-state index in [0.717, 1.165) is 25.9 Å². The number of nitrogens with zero attached hydrogens (tertiary/aromatic N) is 4. The quantitative estimate of drug-likeness (QED) is 0.185. The highest BCUT2D eigenvalue weighted by atomic mass is 15.3. The van der Waals surface area contributed by atoms with Crippen molar-refractivity contribution in [1.29, 1.82) is 0 Å². The van der Waals surface area contributed by atoms with Crippen LogP contribution in [0.2, 0.25) is 0 Å². The van der Waals surface area contributed by atoms with Gasteiger partial charge in [0.15, 0.2) is 24.8 Å². The van der Waals surface area contributed by atoms with Gasteiger partial charge in [-0.1, -0.05) is 42.5 Å². The highest BCUT2D eigenvalue weighted by Crippen LogP contribution is 2.50. The first kappa shape index (κ1) is 23.0. The number of fused-ring (bicyclic) bond motifs is 2. The summed E-state index contributed by atoms with van der Waals surface area (Å²) in [5.41, 5.74) is 8.67. The normalized spacial score (nSPS) is 12.2. The SMILES string of the molecule is C[n+]1ccc(-c2cc[n+](CCCCN3c4ccccc4N(c4ccccc4)c4ccccc43)cc2)cc1. The molecule has 0 spiro atoms. The molecule has 0 N–H and O–H groups in total. The van der Waals surface area contributed by atoms with Crippen molar-refractivity contribution in [1.82, 2.24) is 0 Å². The number of rotatable bonds is 7. The van der Waals surface area contributed by atoms with Crippen molar-refractivity contribution < 1.29 is 9.13 Å². The first-order valence-electron chi connectivity index (χ1n) is 13.0. The highest BCUT2D eigenvalue weighted by Gasteiger charge is 2.28. The van der Waals surface area contributed by atoms with Crippen molar-refractivity contribution in [3.63, 3.8) is 0 Å². The molecule has 5 aromatic rings. The van der Waals surface area contributed by atoms with Gasteiger partial charge in [0.05, 0.1) is 22.7 Å². The minimum absolute atomic E-state index is 0.982. The van der Waals surface area contributed by atoms with E-state index in [2.05, 4.69) is 147 Å². The summed E-state index contributed by atoms with van der Waals surface area (Å²) in [5.74, 6) is 0. The van der Waals surface area contributed by atoms with Crippen LogP contribution in [0.4, 0.5) is 28.4 Å². The van der Waals surface area contributed by atoms with Gasteiger partial charge >= 0.3 is 0 Å². The van der Waals surface area contributed by atoms with Gasteiger partial charge < -0.3 is 9.80 Å². The second kappa shape index (κ2) is 10.3. The van der Waals surface area contributed by atoms with Gasteiger partial charge in [-0.05, 0) is 53.9 Å². The topological polar surface area (TPSA) is 14.2 Å². The lowest BCUT2D eigenvalue weighted by atomic mass is 10.1. The average Bonchev–Trinajstić information content (AvgIpc) is 2.96. The van der Waals surface area contributed by atoms with Gasteiger partial charge in [-0.25, -0.2) is 9.13 Å². The van der Waals surface area contributed by atoms with Crippen LogP contribution in [0.1, 0.15) is 12.8 Å². The summed E-state index contributed by atoms with van der Waals surface area (Å²) in [6, 6.07) is 36.9. The number of aromatic nitrogens is 2. The molecule has 0 amide bonds. The zero-order valence-electron chi connectivity index (χ0n) is 21.2. The molecule has 182 valence electrons. The van der Waals surface area contributed by atoms with Crippen LogP contribution in [0.5, 0.6) is 0 Å². The van der Waals surface area contributed by atoms with E-state index < -0.39 is 0 Å². The molecule has 6 rings (SSSR count). The first-order valence-corrected chi connectivity index (χ1v) is 13.0. The Hall–Kier alpha value is -4.44. The lowest BCUT2D eigenvalue weighted by Gasteiger charge is -2.40. The molecule has 0 fully saturated rings. The van der Waals surface area contributed by atoms with Gasteiger partial charge in [-0.3, -0.25) is 0 Å². The molecule has 0 aliphatic carbocycles. The summed E-state index contributed by atoms with van der Waals surface area (Å²) >= 11 is 0. The van der Waals surface area contributed by atoms with Crippen molar-refractivity contribution in [2.24, 2.45) is 7.05 Å². The van der Waals surface area contributed by atoms with E-state index >= 15 is 0 Å². The van der Waals surface area contributed by atoms with E-state index in [1.807, 2.05) is 7.05 Å². The lowest BCUT2D eigenvalue weighted by molar-refractivity contribution is -0.697. The standard InChI is InChI=1S/C33H32N4/c1-34-23-17-27(18-24-34)28-19-25-35(26-20-28)21-9-10-22-36-30-13-5-7-15-32(30)37(29-11-3-2-4-12-29)33-16-8-6-14-31(33)36/h2-8,11-20,23-26H,9-10,21-22H2,1H3/q+2. The minimum Gasteiger partial charge on any atom is -0.338 e. The minimum atomic E-state index is 0.982. The maximum atomic E-state index is 2.49. The second-order valence-corrected chi connectivity index (χ2v) is 9.58. The molecule has 4 heteroatoms. The number of hydrogen-bond donors (Lipinski definition) is 0. The molecular weight excluding hydrogens is 452 g/mol. The number of unbranched alkanes of at least 4 members (excludes halogenated alkanes) is 1. The van der Waals surface area contributed by atoms with Crippen LogP contribution in [0.25, 0.3) is 11.1 Å². The van der Waals surface area contributed by atoms with E-state index in [0.29, 0.717) is 0 Å². The molecule has 37 heavy (non-hydrogen) atoms. The van der Waals surface area contributed by atoms with Gasteiger partial charge in [0.1, 0.15) is 13.6 Å². The van der Waals surface area contributed by atoms with Crippen molar-refractivity contribution >= 4 is 28.4 Å². The Kier molecular flexibility index (Phi) is 6.38. The lowest BCUT2D eigenvalue weighted by Crippen LogP contribution is -2.33. The molecule has 0 bridgehead atoms. The molecule has 3 heterocycles. The first-order chi connectivity index (χ1) is 18.3. The van der Waals surface area contributed by atoms with E-state index in [9.17, 15) is 0 Å². The number of hydrogen-bond acceptors (Lipinski definition) is 2. The molecule has 2 aromatic heterocycles. The van der Waals surface area contributed by atoms with Crippen LogP contribution in [0.3, 0.4) is 0 Å². The molecule has 1 aliphatic heterocycles. The number of pyridine rings is 2. The number of anilines is 5. The van der Waals surface area contributed by atoms with Gasteiger partial charge in [-0.15, -0.1) is 0 Å². The fourth-order valence-electron chi connectivity index (χ4n) is 5.18. The highest BCUT2D eigenvalue weighted by molar-refractivity contribution is 5.97. The zero-order valence-corrected chi connectivity index (χ0v) is 21.2. The predicted molar refractivity (Wildman–Crippen MR) is 151 cm³/mol. The van der Waals surface area contributed by atoms with Crippen LogP contribution in [0.15, 0.2) is 128 Å². The Balaban J connectivity index is 1.17. The van der Waals surface area contributed by atoms with Gasteiger partial charge in [0.25, 0.3) is 0 Å². The fraction of sp³-hybridized carbons (Fsp3) is 0.152. The largest absolute Gasteiger partial charge is 0.338 e. The predicted octanol–water partition coefficient (Wildman–Crippen LogP) is 6.87. The summed E-state index contributed by atoms with van der Waals surface area (Å²) in [6.07, 6.45) is 10.8.